The molecular formula is C5H12O3. The van der Waals surface area contributed by atoms with Crippen LogP contribution in [0.5, 0.6) is 0 Å². The zero-order valence-electron chi connectivity index (χ0n) is 4.76. The lowest BCUT2D eigenvalue weighted by atomic mass is 10.2. The Morgan fingerprint density at radius 2 is 2.12 bits per heavy atom. The molecule has 8 heavy (non-hydrogen) atoms. The van der Waals surface area contributed by atoms with E-state index in [1.54, 1.807) is 0 Å². The van der Waals surface area contributed by atoms with Crippen LogP contribution in [0.4, 0.5) is 0 Å². The Morgan fingerprint density at radius 1 is 1.38 bits per heavy atom. The first kappa shape index (κ1) is 7.88. The van der Waals surface area contributed by atoms with Gasteiger partial charge in [0.1, 0.15) is 0 Å². The fourth-order valence-corrected chi connectivity index (χ4v) is 0.724. The van der Waals surface area contributed by atoms with Gasteiger partial charge >= 0.3 is 0 Å². The molecule has 0 saturated carbocycles. The highest BCUT2D eigenvalue weighted by Crippen LogP contribution is 2.08. The number of rotatable bonds is 0. The predicted molar refractivity (Wildman–Crippen MR) is 29.4 cm³/mol. The number of ether oxygens (including phenoxy) is 1. The van der Waals surface area contributed by atoms with Gasteiger partial charge in [0.2, 0.25) is 0 Å². The summed E-state index contributed by atoms with van der Waals surface area (Å²) in [5, 5.41) is 8.69. The van der Waals surface area contributed by atoms with E-state index in [-0.39, 0.29) is 5.48 Å². The average molecular weight is 120 g/mol. The van der Waals surface area contributed by atoms with E-state index in [0.29, 0.717) is 0 Å². The van der Waals surface area contributed by atoms with E-state index < -0.39 is 6.29 Å². The maximum atomic E-state index is 8.69. The first-order valence-corrected chi connectivity index (χ1v) is 2.69. The van der Waals surface area contributed by atoms with E-state index in [1.807, 2.05) is 0 Å². The Bertz CT molecular complexity index is 49.6. The second kappa shape index (κ2) is 3.83. The first-order valence-electron chi connectivity index (χ1n) is 2.69. The molecule has 1 aliphatic heterocycles. The van der Waals surface area contributed by atoms with E-state index in [9.17, 15) is 0 Å². The molecule has 0 aromatic carbocycles. The molecule has 1 atom stereocenters. The van der Waals surface area contributed by atoms with Gasteiger partial charge in [-0.2, -0.15) is 0 Å². The molecule has 3 heteroatoms. The van der Waals surface area contributed by atoms with Gasteiger partial charge in [0.25, 0.3) is 0 Å². The summed E-state index contributed by atoms with van der Waals surface area (Å²) in [4.78, 5) is 0. The van der Waals surface area contributed by atoms with Crippen molar-refractivity contribution < 1.29 is 15.3 Å². The van der Waals surface area contributed by atoms with Crippen LogP contribution in [0.2, 0.25) is 0 Å². The minimum absolute atomic E-state index is 0. The third-order valence-corrected chi connectivity index (χ3v) is 1.16. The van der Waals surface area contributed by atoms with Crippen LogP contribution in [0, 0.1) is 0 Å². The Labute approximate surface area is 48.6 Å². The van der Waals surface area contributed by atoms with Crippen LogP contribution in [0.25, 0.3) is 0 Å². The molecular weight excluding hydrogens is 108 g/mol. The SMILES string of the molecule is O.OC1CCCCO1. The summed E-state index contributed by atoms with van der Waals surface area (Å²) < 4.78 is 4.83. The zero-order valence-corrected chi connectivity index (χ0v) is 4.76. The highest BCUT2D eigenvalue weighted by Gasteiger charge is 2.07. The molecule has 3 N–H and O–H groups in total. The summed E-state index contributed by atoms with van der Waals surface area (Å²) in [7, 11) is 0. The van der Waals surface area contributed by atoms with Crippen molar-refractivity contribution in [3.05, 3.63) is 0 Å². The lowest BCUT2D eigenvalue weighted by Crippen LogP contribution is -2.17. The maximum absolute atomic E-state index is 8.69. The lowest BCUT2D eigenvalue weighted by Gasteiger charge is -2.16. The van der Waals surface area contributed by atoms with Crippen molar-refractivity contribution in [3.63, 3.8) is 0 Å². The van der Waals surface area contributed by atoms with Gasteiger partial charge < -0.3 is 15.3 Å². The fraction of sp³-hybridized carbons (Fsp3) is 1.00. The highest BCUT2D eigenvalue weighted by atomic mass is 16.6. The molecule has 1 aliphatic rings. The Hall–Kier alpha value is -0.120. The van der Waals surface area contributed by atoms with Crippen LogP contribution < -0.4 is 0 Å². The van der Waals surface area contributed by atoms with Gasteiger partial charge in [0, 0.05) is 6.61 Å². The smallest absolute Gasteiger partial charge is 0.154 e. The molecule has 0 aromatic rings. The second-order valence-corrected chi connectivity index (χ2v) is 1.82. The van der Waals surface area contributed by atoms with Crippen molar-refractivity contribution in [2.75, 3.05) is 6.61 Å². The summed E-state index contributed by atoms with van der Waals surface area (Å²) in [5.41, 5.74) is 0. The number of aliphatic hydroxyl groups is 1. The van der Waals surface area contributed by atoms with E-state index in [4.69, 9.17) is 9.84 Å². The van der Waals surface area contributed by atoms with Crippen molar-refractivity contribution in [1.29, 1.82) is 0 Å². The Morgan fingerprint density at radius 3 is 2.38 bits per heavy atom. The van der Waals surface area contributed by atoms with Crippen LogP contribution >= 0.6 is 0 Å². The van der Waals surface area contributed by atoms with Crippen LogP contribution in [0.15, 0.2) is 0 Å². The van der Waals surface area contributed by atoms with Gasteiger partial charge in [-0.1, -0.05) is 0 Å². The largest absolute Gasteiger partial charge is 0.412 e. The second-order valence-electron chi connectivity index (χ2n) is 1.82. The molecule has 1 saturated heterocycles. The molecule has 0 bridgehead atoms. The molecule has 1 unspecified atom stereocenters. The Balaban J connectivity index is 0.000000490. The molecule has 0 aliphatic carbocycles. The van der Waals surface area contributed by atoms with Crippen LogP contribution in [-0.4, -0.2) is 23.5 Å². The van der Waals surface area contributed by atoms with Gasteiger partial charge in [-0.25, -0.2) is 0 Å². The summed E-state index contributed by atoms with van der Waals surface area (Å²) in [6.07, 6.45) is 2.58. The molecule has 1 fully saturated rings. The number of hydrogen-bond donors (Lipinski definition) is 1. The topological polar surface area (TPSA) is 61.0 Å². The van der Waals surface area contributed by atoms with Crippen molar-refractivity contribution >= 4 is 0 Å². The van der Waals surface area contributed by atoms with Gasteiger partial charge in [-0.05, 0) is 19.3 Å². The molecule has 0 aromatic heterocycles. The van der Waals surface area contributed by atoms with E-state index in [1.165, 1.54) is 0 Å². The molecule has 50 valence electrons. The Kier molecular flexibility index (Phi) is 3.77. The molecule has 1 heterocycles. The van der Waals surface area contributed by atoms with Gasteiger partial charge in [-0.3, -0.25) is 0 Å². The van der Waals surface area contributed by atoms with Crippen LogP contribution in [0.1, 0.15) is 19.3 Å². The fourth-order valence-electron chi connectivity index (χ4n) is 0.724. The van der Waals surface area contributed by atoms with Gasteiger partial charge in [0.15, 0.2) is 6.29 Å². The zero-order chi connectivity index (χ0) is 5.11. The van der Waals surface area contributed by atoms with E-state index in [2.05, 4.69) is 0 Å². The minimum atomic E-state index is -0.464. The van der Waals surface area contributed by atoms with Crippen LogP contribution in [-0.2, 0) is 4.74 Å². The van der Waals surface area contributed by atoms with Gasteiger partial charge in [0.05, 0.1) is 0 Å². The highest BCUT2D eigenvalue weighted by molar-refractivity contribution is 4.50. The van der Waals surface area contributed by atoms with E-state index >= 15 is 0 Å². The normalized spacial score (nSPS) is 28.9. The lowest BCUT2D eigenvalue weighted by molar-refractivity contribution is -0.123. The molecule has 1 rings (SSSR count). The molecule has 0 radical (unpaired) electrons. The summed E-state index contributed by atoms with van der Waals surface area (Å²) in [6, 6.07) is 0. The van der Waals surface area contributed by atoms with Crippen molar-refractivity contribution in [1.82, 2.24) is 0 Å². The van der Waals surface area contributed by atoms with Crippen LogP contribution in [0.3, 0.4) is 0 Å². The monoisotopic (exact) mass is 120 g/mol. The molecule has 0 amide bonds. The predicted octanol–water partition coefficient (Wildman–Crippen LogP) is -0.319. The van der Waals surface area contributed by atoms with Gasteiger partial charge in [-0.15, -0.1) is 0 Å². The van der Waals surface area contributed by atoms with Crippen molar-refractivity contribution in [2.45, 2.75) is 25.6 Å². The first-order chi connectivity index (χ1) is 3.39. The average Bonchev–Trinajstić information content (AvgIpc) is 1.69. The van der Waals surface area contributed by atoms with E-state index in [0.717, 1.165) is 25.9 Å². The summed E-state index contributed by atoms with van der Waals surface area (Å²) in [5.74, 6) is 0. The molecule has 0 spiro atoms. The minimum Gasteiger partial charge on any atom is -0.412 e. The quantitative estimate of drug-likeness (QED) is 0.476. The maximum Gasteiger partial charge on any atom is 0.154 e. The number of hydrogen-bond acceptors (Lipinski definition) is 2. The summed E-state index contributed by atoms with van der Waals surface area (Å²) >= 11 is 0. The number of aliphatic hydroxyl groups excluding tert-OH is 1. The summed E-state index contributed by atoms with van der Waals surface area (Å²) in [6.45, 7) is 0.737. The third-order valence-electron chi connectivity index (χ3n) is 1.16. The third kappa shape index (κ3) is 2.26. The standard InChI is InChI=1S/C5H10O2.H2O/c6-5-3-1-2-4-7-5;/h5-6H,1-4H2;1H2. The van der Waals surface area contributed by atoms with Crippen molar-refractivity contribution in [2.24, 2.45) is 0 Å². The molecule has 3 nitrogen and oxygen atoms in total. The van der Waals surface area contributed by atoms with Crippen molar-refractivity contribution in [3.8, 4) is 0 Å².